The normalized spacial score (nSPS) is 11.6. The van der Waals surface area contributed by atoms with Crippen LogP contribution < -0.4 is 11.1 Å². The van der Waals surface area contributed by atoms with Crippen LogP contribution in [-0.4, -0.2) is 0 Å². The summed E-state index contributed by atoms with van der Waals surface area (Å²) in [7, 11) is 0. The van der Waals surface area contributed by atoms with Crippen molar-refractivity contribution in [2.45, 2.75) is 19.9 Å². The Bertz CT molecular complexity index is 609. The molecule has 0 aliphatic rings. The van der Waals surface area contributed by atoms with E-state index in [1.807, 2.05) is 6.07 Å². The molecule has 2 rings (SSSR count). The summed E-state index contributed by atoms with van der Waals surface area (Å²) in [4.78, 5) is 0. The molecule has 0 aromatic heterocycles. The van der Waals surface area contributed by atoms with Gasteiger partial charge in [-0.05, 0) is 37.6 Å². The number of nitrogens with zero attached hydrogens (tertiary/aromatic N) is 1. The number of nitrogen functional groups attached to an aromatic ring is 1. The number of nitriles is 1. The topological polar surface area (TPSA) is 61.8 Å². The highest BCUT2D eigenvalue weighted by atomic mass is 14.9. The molecule has 2 aromatic rings. The van der Waals surface area contributed by atoms with Gasteiger partial charge in [-0.25, -0.2) is 0 Å². The van der Waals surface area contributed by atoms with Crippen molar-refractivity contribution >= 4 is 11.4 Å². The van der Waals surface area contributed by atoms with Gasteiger partial charge in [-0.2, -0.15) is 5.26 Å². The predicted molar refractivity (Wildman–Crippen MR) is 78.8 cm³/mol. The number of hydrogen-bond donors (Lipinski definition) is 2. The number of anilines is 2. The minimum Gasteiger partial charge on any atom is -0.399 e. The van der Waals surface area contributed by atoms with Crippen molar-refractivity contribution in [3.63, 3.8) is 0 Å². The molecule has 3 nitrogen and oxygen atoms in total. The largest absolute Gasteiger partial charge is 0.399 e. The molecule has 0 bridgehead atoms. The molecule has 0 saturated heterocycles. The summed E-state index contributed by atoms with van der Waals surface area (Å²) in [5.74, 6) is 0. The molecule has 0 heterocycles. The standard InChI is InChI=1S/C16H17N3/c1-11-3-5-13(6-4-11)12(2)19-16-8-7-15(18)9-14(16)10-17/h3-9,12,19H,18H2,1-2H3. The Hall–Kier alpha value is -2.47. The summed E-state index contributed by atoms with van der Waals surface area (Å²) < 4.78 is 0. The molecule has 0 aliphatic heterocycles. The zero-order valence-electron chi connectivity index (χ0n) is 11.1. The first-order valence-electron chi connectivity index (χ1n) is 6.23. The van der Waals surface area contributed by atoms with Crippen LogP contribution in [0.15, 0.2) is 42.5 Å². The van der Waals surface area contributed by atoms with Crippen molar-refractivity contribution in [1.82, 2.24) is 0 Å². The van der Waals surface area contributed by atoms with E-state index in [1.54, 1.807) is 12.1 Å². The first-order chi connectivity index (χ1) is 9.10. The van der Waals surface area contributed by atoms with Gasteiger partial charge in [-0.1, -0.05) is 29.8 Å². The van der Waals surface area contributed by atoms with Gasteiger partial charge >= 0.3 is 0 Å². The van der Waals surface area contributed by atoms with Crippen LogP contribution in [0.2, 0.25) is 0 Å². The average Bonchev–Trinajstić information content (AvgIpc) is 2.41. The van der Waals surface area contributed by atoms with Crippen molar-refractivity contribution in [2.24, 2.45) is 0 Å². The van der Waals surface area contributed by atoms with Crippen LogP contribution in [0, 0.1) is 18.3 Å². The molecule has 3 N–H and O–H groups in total. The second-order valence-electron chi connectivity index (χ2n) is 4.69. The maximum atomic E-state index is 9.12. The maximum Gasteiger partial charge on any atom is 0.101 e. The molecule has 0 radical (unpaired) electrons. The predicted octanol–water partition coefficient (Wildman–Crippen LogP) is 3.62. The number of nitrogens with two attached hydrogens (primary N) is 1. The van der Waals surface area contributed by atoms with E-state index in [0.717, 1.165) is 5.69 Å². The molecule has 0 spiro atoms. The fourth-order valence-electron chi connectivity index (χ4n) is 1.95. The monoisotopic (exact) mass is 251 g/mol. The first-order valence-corrected chi connectivity index (χ1v) is 6.23. The maximum absolute atomic E-state index is 9.12. The lowest BCUT2D eigenvalue weighted by Gasteiger charge is -2.17. The van der Waals surface area contributed by atoms with Crippen molar-refractivity contribution in [3.8, 4) is 6.07 Å². The average molecular weight is 251 g/mol. The number of hydrogen-bond acceptors (Lipinski definition) is 3. The van der Waals surface area contributed by atoms with Gasteiger partial charge in [0.25, 0.3) is 0 Å². The fraction of sp³-hybridized carbons (Fsp3) is 0.188. The Balaban J connectivity index is 2.21. The molecule has 2 aromatic carbocycles. The molecule has 0 amide bonds. The molecule has 0 fully saturated rings. The summed E-state index contributed by atoms with van der Waals surface area (Å²) in [5, 5.41) is 12.5. The number of rotatable bonds is 3. The quantitative estimate of drug-likeness (QED) is 0.819. The highest BCUT2D eigenvalue weighted by molar-refractivity contribution is 5.63. The highest BCUT2D eigenvalue weighted by Crippen LogP contribution is 2.24. The summed E-state index contributed by atoms with van der Waals surface area (Å²) in [6.45, 7) is 4.14. The van der Waals surface area contributed by atoms with Crippen LogP contribution in [0.4, 0.5) is 11.4 Å². The molecular weight excluding hydrogens is 234 g/mol. The molecule has 3 heteroatoms. The molecule has 0 saturated carbocycles. The van der Waals surface area contributed by atoms with E-state index in [0.29, 0.717) is 11.3 Å². The number of aryl methyl sites for hydroxylation is 1. The third-order valence-electron chi connectivity index (χ3n) is 3.11. The first kappa shape index (κ1) is 13.0. The Morgan fingerprint density at radius 1 is 1.16 bits per heavy atom. The van der Waals surface area contributed by atoms with Gasteiger partial charge < -0.3 is 11.1 Å². The van der Waals surface area contributed by atoms with Crippen LogP contribution in [-0.2, 0) is 0 Å². The van der Waals surface area contributed by atoms with Gasteiger partial charge in [0.2, 0.25) is 0 Å². The Labute approximate surface area is 113 Å². The van der Waals surface area contributed by atoms with Crippen molar-refractivity contribution in [2.75, 3.05) is 11.1 Å². The molecular formula is C16H17N3. The third kappa shape index (κ3) is 3.05. The Morgan fingerprint density at radius 2 is 1.84 bits per heavy atom. The van der Waals surface area contributed by atoms with Gasteiger partial charge in [0.05, 0.1) is 11.3 Å². The van der Waals surface area contributed by atoms with Gasteiger partial charge in [0.1, 0.15) is 6.07 Å². The van der Waals surface area contributed by atoms with Gasteiger partial charge in [0.15, 0.2) is 0 Å². The number of benzene rings is 2. The van der Waals surface area contributed by atoms with Crippen LogP contribution in [0.1, 0.15) is 29.7 Å². The zero-order valence-corrected chi connectivity index (χ0v) is 11.1. The van der Waals surface area contributed by atoms with E-state index in [2.05, 4.69) is 49.5 Å². The number of nitrogens with one attached hydrogen (secondary N) is 1. The molecule has 1 unspecified atom stereocenters. The van der Waals surface area contributed by atoms with E-state index < -0.39 is 0 Å². The van der Waals surface area contributed by atoms with Crippen LogP contribution in [0.25, 0.3) is 0 Å². The Morgan fingerprint density at radius 3 is 2.47 bits per heavy atom. The Kier molecular flexibility index (Phi) is 3.72. The van der Waals surface area contributed by atoms with E-state index in [-0.39, 0.29) is 6.04 Å². The summed E-state index contributed by atoms with van der Waals surface area (Å²) in [5.41, 5.74) is 10.1. The van der Waals surface area contributed by atoms with Crippen LogP contribution >= 0.6 is 0 Å². The van der Waals surface area contributed by atoms with E-state index in [1.165, 1.54) is 11.1 Å². The summed E-state index contributed by atoms with van der Waals surface area (Å²) in [6.07, 6.45) is 0. The van der Waals surface area contributed by atoms with Gasteiger partial charge in [-0.3, -0.25) is 0 Å². The van der Waals surface area contributed by atoms with Crippen molar-refractivity contribution in [1.29, 1.82) is 5.26 Å². The minimum atomic E-state index is 0.135. The van der Waals surface area contributed by atoms with Crippen molar-refractivity contribution in [3.05, 3.63) is 59.2 Å². The van der Waals surface area contributed by atoms with E-state index in [4.69, 9.17) is 11.0 Å². The van der Waals surface area contributed by atoms with Gasteiger partial charge in [-0.15, -0.1) is 0 Å². The smallest absolute Gasteiger partial charge is 0.101 e. The van der Waals surface area contributed by atoms with Crippen LogP contribution in [0.3, 0.4) is 0 Å². The molecule has 96 valence electrons. The lowest BCUT2D eigenvalue weighted by molar-refractivity contribution is 0.883. The zero-order chi connectivity index (χ0) is 13.8. The summed E-state index contributed by atoms with van der Waals surface area (Å²) >= 11 is 0. The van der Waals surface area contributed by atoms with E-state index >= 15 is 0 Å². The summed E-state index contributed by atoms with van der Waals surface area (Å²) in [6, 6.07) is 16.0. The third-order valence-corrected chi connectivity index (χ3v) is 3.11. The molecule has 0 aliphatic carbocycles. The van der Waals surface area contributed by atoms with Crippen LogP contribution in [0.5, 0.6) is 0 Å². The van der Waals surface area contributed by atoms with Gasteiger partial charge in [0, 0.05) is 11.7 Å². The van der Waals surface area contributed by atoms with Crippen molar-refractivity contribution < 1.29 is 0 Å². The molecule has 1 atom stereocenters. The highest BCUT2D eigenvalue weighted by Gasteiger charge is 2.08. The lowest BCUT2D eigenvalue weighted by Crippen LogP contribution is -2.08. The lowest BCUT2D eigenvalue weighted by atomic mass is 10.1. The van der Waals surface area contributed by atoms with E-state index in [9.17, 15) is 0 Å². The second kappa shape index (κ2) is 5.45. The SMILES string of the molecule is Cc1ccc(C(C)Nc2ccc(N)cc2C#N)cc1. The second-order valence-corrected chi connectivity index (χ2v) is 4.69. The fourth-order valence-corrected chi connectivity index (χ4v) is 1.95. The minimum absolute atomic E-state index is 0.135. The molecule has 19 heavy (non-hydrogen) atoms.